The van der Waals surface area contributed by atoms with E-state index in [1.165, 1.54) is 19.4 Å². The maximum absolute atomic E-state index is 15.0. The number of hydrogen-bond acceptors (Lipinski definition) is 7. The van der Waals surface area contributed by atoms with Gasteiger partial charge in [-0.1, -0.05) is 6.07 Å². The summed E-state index contributed by atoms with van der Waals surface area (Å²) in [6, 6.07) is 7.20. The largest absolute Gasteiger partial charge is 0.481 e. The number of nitrogens with one attached hydrogen (secondary N) is 2. The molecule has 39 heavy (non-hydrogen) atoms. The number of halogens is 2. The fourth-order valence-electron chi connectivity index (χ4n) is 4.79. The second kappa shape index (κ2) is 12.1. The summed E-state index contributed by atoms with van der Waals surface area (Å²) >= 11 is 0. The van der Waals surface area contributed by atoms with E-state index in [1.807, 2.05) is 18.5 Å². The Morgan fingerprint density at radius 1 is 1.10 bits per heavy atom. The molecule has 4 aromatic heterocycles. The average Bonchev–Trinajstić information content (AvgIpc) is 3.36. The molecule has 0 atom stereocenters. The molecule has 5 heterocycles. The number of rotatable bonds is 9. The van der Waals surface area contributed by atoms with Gasteiger partial charge in [-0.3, -0.25) is 4.99 Å². The van der Waals surface area contributed by atoms with Crippen LogP contribution in [0.1, 0.15) is 40.8 Å². The van der Waals surface area contributed by atoms with E-state index in [9.17, 15) is 4.39 Å². The summed E-state index contributed by atoms with van der Waals surface area (Å²) in [4.78, 5) is 20.5. The molecular weight excluding hydrogens is 500 g/mol. The van der Waals surface area contributed by atoms with Gasteiger partial charge in [0.05, 0.1) is 19.3 Å². The Kier molecular flexibility index (Phi) is 8.21. The molecule has 1 saturated heterocycles. The quantitative estimate of drug-likeness (QED) is 0.221. The van der Waals surface area contributed by atoms with Crippen LogP contribution >= 0.6 is 0 Å². The third-order valence-corrected chi connectivity index (χ3v) is 6.96. The van der Waals surface area contributed by atoms with Crippen molar-refractivity contribution in [3.8, 4) is 5.88 Å². The molecule has 0 aromatic carbocycles. The standard InChI is InChI=1S/C29H31F2N7O/c1-39-29-19(11-23(30)17-37-29)3-5-25-4-2-18(27(31)38-25)10-21-15-36-28-26(21)12-20(14-35-28)22(13-32)16-34-24-6-8-33-9-7-24/h2,4,11-17,24,33H,3,5-10,32H2,1H3,(H,35,36). The van der Waals surface area contributed by atoms with E-state index >= 15 is 4.39 Å². The van der Waals surface area contributed by atoms with E-state index in [0.717, 1.165) is 54.2 Å². The molecule has 4 N–H and O–H groups in total. The Bertz CT molecular complexity index is 1510. The molecule has 0 saturated carbocycles. The monoisotopic (exact) mass is 531 g/mol. The Balaban J connectivity index is 1.31. The molecule has 0 radical (unpaired) electrons. The average molecular weight is 532 g/mol. The van der Waals surface area contributed by atoms with Gasteiger partial charge in [0.25, 0.3) is 0 Å². The number of aromatic nitrogens is 4. The summed E-state index contributed by atoms with van der Waals surface area (Å²) in [6.45, 7) is 1.94. The Morgan fingerprint density at radius 3 is 2.72 bits per heavy atom. The van der Waals surface area contributed by atoms with E-state index in [4.69, 9.17) is 15.5 Å². The highest BCUT2D eigenvalue weighted by atomic mass is 19.1. The molecule has 1 aliphatic heterocycles. The van der Waals surface area contributed by atoms with Gasteiger partial charge >= 0.3 is 0 Å². The lowest BCUT2D eigenvalue weighted by Gasteiger charge is -2.18. The van der Waals surface area contributed by atoms with Gasteiger partial charge in [-0.05, 0) is 62.5 Å². The number of ether oxygens (including phenoxy) is 1. The fraction of sp³-hybridized carbons (Fsp3) is 0.310. The Morgan fingerprint density at radius 2 is 1.95 bits per heavy atom. The zero-order valence-electron chi connectivity index (χ0n) is 21.8. The van der Waals surface area contributed by atoms with E-state index in [0.29, 0.717) is 47.6 Å². The molecule has 4 aromatic rings. The first-order valence-electron chi connectivity index (χ1n) is 13.0. The molecule has 1 fully saturated rings. The minimum Gasteiger partial charge on any atom is -0.481 e. The highest BCUT2D eigenvalue weighted by Gasteiger charge is 2.14. The number of aliphatic imine (C=N–C) groups is 1. The summed E-state index contributed by atoms with van der Waals surface area (Å²) in [5.74, 6) is -0.627. The minimum atomic E-state index is -0.535. The van der Waals surface area contributed by atoms with Crippen molar-refractivity contribution in [1.29, 1.82) is 0 Å². The van der Waals surface area contributed by atoms with Crippen molar-refractivity contribution in [2.75, 3.05) is 20.2 Å². The normalized spacial score (nSPS) is 14.9. The highest BCUT2D eigenvalue weighted by Crippen LogP contribution is 2.25. The zero-order valence-corrected chi connectivity index (χ0v) is 21.8. The first-order valence-corrected chi connectivity index (χ1v) is 13.0. The Hall–Kier alpha value is -4.18. The van der Waals surface area contributed by atoms with Crippen molar-refractivity contribution in [3.05, 3.63) is 88.8 Å². The van der Waals surface area contributed by atoms with Gasteiger partial charge in [0.15, 0.2) is 0 Å². The van der Waals surface area contributed by atoms with E-state index in [-0.39, 0.29) is 6.04 Å². The van der Waals surface area contributed by atoms with Gasteiger partial charge in [0.2, 0.25) is 11.8 Å². The molecule has 0 aliphatic carbocycles. The van der Waals surface area contributed by atoms with Crippen molar-refractivity contribution in [2.45, 2.75) is 38.1 Å². The maximum Gasteiger partial charge on any atom is 0.216 e. The maximum atomic E-state index is 15.0. The lowest BCUT2D eigenvalue weighted by molar-refractivity contribution is 0.390. The van der Waals surface area contributed by atoms with Crippen LogP contribution in [-0.4, -0.2) is 52.4 Å². The number of nitrogens with two attached hydrogens (primary N) is 1. The third kappa shape index (κ3) is 6.28. The molecule has 10 heteroatoms. The second-order valence-electron chi connectivity index (χ2n) is 9.57. The first kappa shape index (κ1) is 26.4. The van der Waals surface area contributed by atoms with Crippen molar-refractivity contribution in [3.63, 3.8) is 0 Å². The predicted molar refractivity (Wildman–Crippen MR) is 148 cm³/mol. The molecule has 8 nitrogen and oxygen atoms in total. The van der Waals surface area contributed by atoms with Crippen molar-refractivity contribution >= 4 is 22.8 Å². The molecule has 5 rings (SSSR count). The van der Waals surface area contributed by atoms with Gasteiger partial charge < -0.3 is 20.8 Å². The zero-order chi connectivity index (χ0) is 27.2. The number of allylic oxidation sites excluding steroid dienone is 1. The topological polar surface area (TPSA) is 114 Å². The Labute approximate surface area is 225 Å². The summed E-state index contributed by atoms with van der Waals surface area (Å²) in [6.07, 6.45) is 11.3. The smallest absolute Gasteiger partial charge is 0.216 e. The number of H-pyrrole nitrogens is 1. The van der Waals surface area contributed by atoms with Crippen LogP contribution < -0.4 is 15.8 Å². The third-order valence-electron chi connectivity index (χ3n) is 6.96. The number of aromatic amines is 1. The number of methoxy groups -OCH3 is 1. The molecule has 0 unspecified atom stereocenters. The van der Waals surface area contributed by atoms with Crippen LogP contribution in [0.3, 0.4) is 0 Å². The van der Waals surface area contributed by atoms with Gasteiger partial charge in [-0.25, -0.2) is 19.3 Å². The second-order valence-corrected chi connectivity index (χ2v) is 9.57. The van der Waals surface area contributed by atoms with Crippen LogP contribution in [-0.2, 0) is 19.3 Å². The van der Waals surface area contributed by atoms with E-state index < -0.39 is 11.8 Å². The first-order chi connectivity index (χ1) is 19.0. The van der Waals surface area contributed by atoms with Crippen LogP contribution in [0.25, 0.3) is 16.6 Å². The molecule has 202 valence electrons. The number of piperidine rings is 1. The van der Waals surface area contributed by atoms with Crippen molar-refractivity contribution in [1.82, 2.24) is 25.3 Å². The van der Waals surface area contributed by atoms with E-state index in [2.05, 4.69) is 25.3 Å². The van der Waals surface area contributed by atoms with Gasteiger partial charge in [0, 0.05) is 64.6 Å². The lowest BCUT2D eigenvalue weighted by Crippen LogP contribution is -2.29. The lowest BCUT2D eigenvalue weighted by atomic mass is 10.0. The van der Waals surface area contributed by atoms with Crippen LogP contribution in [0.15, 0.2) is 54.0 Å². The highest BCUT2D eigenvalue weighted by molar-refractivity contribution is 6.10. The number of pyridine rings is 3. The summed E-state index contributed by atoms with van der Waals surface area (Å²) < 4.78 is 33.8. The van der Waals surface area contributed by atoms with Gasteiger partial charge in [-0.15, -0.1) is 0 Å². The van der Waals surface area contributed by atoms with Crippen molar-refractivity contribution < 1.29 is 13.5 Å². The summed E-state index contributed by atoms with van der Waals surface area (Å²) in [5, 5.41) is 4.23. The summed E-state index contributed by atoms with van der Waals surface area (Å²) in [7, 11) is 1.48. The number of aryl methyl sites for hydroxylation is 2. The van der Waals surface area contributed by atoms with E-state index in [1.54, 1.807) is 18.3 Å². The van der Waals surface area contributed by atoms with Crippen LogP contribution in [0.2, 0.25) is 0 Å². The molecule has 0 spiro atoms. The molecular formula is C29H31F2N7O. The molecule has 1 aliphatic rings. The SMILES string of the molecule is COc1ncc(F)cc1CCc1ccc(Cc2c[nH]c3ncc(C(C=NC4CCNCC4)=CN)cc23)c(F)n1. The number of fused-ring (bicyclic) bond motifs is 1. The van der Waals surface area contributed by atoms with Crippen LogP contribution in [0.4, 0.5) is 8.78 Å². The fourth-order valence-corrected chi connectivity index (χ4v) is 4.79. The predicted octanol–water partition coefficient (Wildman–Crippen LogP) is 4.14. The van der Waals surface area contributed by atoms with Gasteiger partial charge in [-0.2, -0.15) is 4.39 Å². The number of hydrogen-bond donors (Lipinski definition) is 3. The number of nitrogens with zero attached hydrogens (tertiary/aromatic N) is 4. The molecule has 0 amide bonds. The summed E-state index contributed by atoms with van der Waals surface area (Å²) in [5.41, 5.74) is 10.8. The minimum absolute atomic E-state index is 0.284. The van der Waals surface area contributed by atoms with Crippen molar-refractivity contribution in [2.24, 2.45) is 10.7 Å². The molecule has 0 bridgehead atoms. The van der Waals surface area contributed by atoms with Gasteiger partial charge in [0.1, 0.15) is 11.5 Å². The van der Waals surface area contributed by atoms with Crippen LogP contribution in [0, 0.1) is 11.8 Å². The van der Waals surface area contributed by atoms with Crippen LogP contribution in [0.5, 0.6) is 5.88 Å².